The maximum absolute atomic E-state index is 5.43. The molecule has 2 heterocycles. The van der Waals surface area contributed by atoms with Crippen molar-refractivity contribution in [1.29, 1.82) is 0 Å². The van der Waals surface area contributed by atoms with E-state index in [1.54, 1.807) is 18.9 Å². The lowest BCUT2D eigenvalue weighted by molar-refractivity contribution is 0.341. The highest BCUT2D eigenvalue weighted by Gasteiger charge is 2.15. The largest absolute Gasteiger partial charge is 0.496 e. The van der Waals surface area contributed by atoms with Crippen LogP contribution >= 0.6 is 11.8 Å². The van der Waals surface area contributed by atoms with Crippen LogP contribution in [-0.4, -0.2) is 52.2 Å². The molecule has 0 bridgehead atoms. The van der Waals surface area contributed by atoms with Crippen molar-refractivity contribution in [1.82, 2.24) is 19.7 Å². The molecule has 1 saturated heterocycles. The number of para-hydroxylation sites is 1. The molecule has 124 valence electrons. The standard InChI is InChI=1S/C17H24N4OS/c1-20-16(14-8-3-4-9-15(14)22-2)18-19-17(20)23-13-7-12-21-10-5-6-11-21/h3-4,8-9H,5-7,10-13H2,1-2H3. The molecular weight excluding hydrogens is 308 g/mol. The van der Waals surface area contributed by atoms with E-state index in [9.17, 15) is 0 Å². The Morgan fingerprint density at radius 1 is 1.17 bits per heavy atom. The van der Waals surface area contributed by atoms with Gasteiger partial charge in [-0.15, -0.1) is 10.2 Å². The van der Waals surface area contributed by atoms with Gasteiger partial charge in [0.2, 0.25) is 0 Å². The lowest BCUT2D eigenvalue weighted by atomic mass is 10.2. The predicted octanol–water partition coefficient (Wildman–Crippen LogP) is 3.07. The highest BCUT2D eigenvalue weighted by Crippen LogP contribution is 2.30. The van der Waals surface area contributed by atoms with Gasteiger partial charge in [0.25, 0.3) is 0 Å². The van der Waals surface area contributed by atoms with Crippen molar-refractivity contribution >= 4 is 11.8 Å². The van der Waals surface area contributed by atoms with Gasteiger partial charge in [0, 0.05) is 12.8 Å². The van der Waals surface area contributed by atoms with E-state index in [0.717, 1.165) is 28.0 Å². The fraction of sp³-hybridized carbons (Fsp3) is 0.529. The third kappa shape index (κ3) is 3.87. The number of nitrogens with zero attached hydrogens (tertiary/aromatic N) is 4. The first kappa shape index (κ1) is 16.3. The van der Waals surface area contributed by atoms with Gasteiger partial charge in [0.15, 0.2) is 11.0 Å². The van der Waals surface area contributed by atoms with Crippen molar-refractivity contribution in [3.05, 3.63) is 24.3 Å². The molecule has 6 heteroatoms. The summed E-state index contributed by atoms with van der Waals surface area (Å²) in [6.07, 6.45) is 3.92. The lowest BCUT2D eigenvalue weighted by Crippen LogP contribution is -2.20. The molecule has 0 saturated carbocycles. The van der Waals surface area contributed by atoms with Crippen LogP contribution in [-0.2, 0) is 7.05 Å². The Morgan fingerprint density at radius 3 is 2.74 bits per heavy atom. The number of likely N-dealkylation sites (tertiary alicyclic amines) is 1. The van der Waals surface area contributed by atoms with E-state index in [1.807, 2.05) is 31.3 Å². The van der Waals surface area contributed by atoms with Crippen molar-refractivity contribution in [2.24, 2.45) is 7.05 Å². The summed E-state index contributed by atoms with van der Waals surface area (Å²) in [7, 11) is 3.70. The molecule has 0 N–H and O–H groups in total. The minimum atomic E-state index is 0.827. The summed E-state index contributed by atoms with van der Waals surface area (Å²) in [5.74, 6) is 2.76. The van der Waals surface area contributed by atoms with E-state index >= 15 is 0 Å². The topological polar surface area (TPSA) is 43.2 Å². The molecule has 2 aromatic rings. The molecule has 0 aliphatic carbocycles. The van der Waals surface area contributed by atoms with E-state index in [2.05, 4.69) is 19.7 Å². The zero-order valence-corrected chi connectivity index (χ0v) is 14.7. The Bertz CT molecular complexity index is 637. The van der Waals surface area contributed by atoms with Gasteiger partial charge >= 0.3 is 0 Å². The third-order valence-corrected chi connectivity index (χ3v) is 5.34. The van der Waals surface area contributed by atoms with Crippen molar-refractivity contribution in [2.45, 2.75) is 24.4 Å². The van der Waals surface area contributed by atoms with Gasteiger partial charge in [-0.3, -0.25) is 0 Å². The van der Waals surface area contributed by atoms with Crippen LogP contribution in [0.2, 0.25) is 0 Å². The van der Waals surface area contributed by atoms with E-state index in [1.165, 1.54) is 38.9 Å². The summed E-state index contributed by atoms with van der Waals surface area (Å²) in [6, 6.07) is 7.93. The predicted molar refractivity (Wildman–Crippen MR) is 94.0 cm³/mol. The molecule has 5 nitrogen and oxygen atoms in total. The molecule has 1 aromatic heterocycles. The average Bonchev–Trinajstić information content (AvgIpc) is 3.22. The normalized spacial score (nSPS) is 15.2. The number of thioether (sulfide) groups is 1. The molecule has 0 atom stereocenters. The van der Waals surface area contributed by atoms with Gasteiger partial charge in [-0.25, -0.2) is 0 Å². The van der Waals surface area contributed by atoms with E-state index in [0.29, 0.717) is 0 Å². The zero-order chi connectivity index (χ0) is 16.1. The number of rotatable bonds is 7. The van der Waals surface area contributed by atoms with Crippen LogP contribution in [0.25, 0.3) is 11.4 Å². The van der Waals surface area contributed by atoms with Gasteiger partial charge in [-0.1, -0.05) is 23.9 Å². The van der Waals surface area contributed by atoms with Gasteiger partial charge in [0.1, 0.15) is 5.75 Å². The number of ether oxygens (including phenoxy) is 1. The molecule has 0 radical (unpaired) electrons. The SMILES string of the molecule is COc1ccccc1-c1nnc(SCCCN2CCCC2)n1C. The zero-order valence-electron chi connectivity index (χ0n) is 13.9. The monoisotopic (exact) mass is 332 g/mol. The minimum Gasteiger partial charge on any atom is -0.496 e. The molecule has 1 aliphatic heterocycles. The number of aromatic nitrogens is 3. The van der Waals surface area contributed by atoms with Crippen LogP contribution in [0.5, 0.6) is 5.75 Å². The van der Waals surface area contributed by atoms with E-state index < -0.39 is 0 Å². The summed E-state index contributed by atoms with van der Waals surface area (Å²) in [6.45, 7) is 3.74. The fourth-order valence-electron chi connectivity index (χ4n) is 2.96. The second kappa shape index (κ2) is 7.84. The Labute approximate surface area is 142 Å². The third-order valence-electron chi connectivity index (χ3n) is 4.23. The molecule has 23 heavy (non-hydrogen) atoms. The first-order valence-electron chi connectivity index (χ1n) is 8.17. The molecule has 0 amide bonds. The molecular formula is C17H24N4OS. The van der Waals surface area contributed by atoms with Gasteiger partial charge < -0.3 is 14.2 Å². The number of benzene rings is 1. The van der Waals surface area contributed by atoms with E-state index in [-0.39, 0.29) is 0 Å². The summed E-state index contributed by atoms with van der Waals surface area (Å²) in [4.78, 5) is 2.55. The van der Waals surface area contributed by atoms with Crippen molar-refractivity contribution in [2.75, 3.05) is 32.5 Å². The minimum absolute atomic E-state index is 0.827. The smallest absolute Gasteiger partial charge is 0.191 e. The highest BCUT2D eigenvalue weighted by molar-refractivity contribution is 7.99. The maximum atomic E-state index is 5.43. The lowest BCUT2D eigenvalue weighted by Gasteiger charge is -2.13. The van der Waals surface area contributed by atoms with Crippen LogP contribution in [0.4, 0.5) is 0 Å². The van der Waals surface area contributed by atoms with Gasteiger partial charge in [-0.2, -0.15) is 0 Å². The number of methoxy groups -OCH3 is 1. The molecule has 3 rings (SSSR count). The number of hydrogen-bond donors (Lipinski definition) is 0. The summed E-state index contributed by atoms with van der Waals surface area (Å²) in [5, 5.41) is 9.66. The summed E-state index contributed by atoms with van der Waals surface area (Å²) in [5.41, 5.74) is 0.980. The second-order valence-corrected chi connectivity index (χ2v) is 6.88. The summed E-state index contributed by atoms with van der Waals surface area (Å²) >= 11 is 1.78. The highest BCUT2D eigenvalue weighted by atomic mass is 32.2. The van der Waals surface area contributed by atoms with Crippen LogP contribution in [0, 0.1) is 0 Å². The quantitative estimate of drug-likeness (QED) is 0.576. The van der Waals surface area contributed by atoms with Crippen molar-refractivity contribution in [3.63, 3.8) is 0 Å². The molecule has 0 spiro atoms. The Balaban J connectivity index is 1.60. The van der Waals surface area contributed by atoms with Crippen molar-refractivity contribution in [3.8, 4) is 17.1 Å². The molecule has 1 aromatic carbocycles. The first-order chi connectivity index (χ1) is 11.3. The molecule has 1 fully saturated rings. The average molecular weight is 332 g/mol. The Hall–Kier alpha value is -1.53. The van der Waals surface area contributed by atoms with Gasteiger partial charge in [-0.05, 0) is 51.0 Å². The first-order valence-corrected chi connectivity index (χ1v) is 9.16. The second-order valence-electron chi connectivity index (χ2n) is 5.82. The van der Waals surface area contributed by atoms with Crippen LogP contribution in [0.1, 0.15) is 19.3 Å². The van der Waals surface area contributed by atoms with Crippen LogP contribution in [0.3, 0.4) is 0 Å². The molecule has 0 unspecified atom stereocenters. The summed E-state index contributed by atoms with van der Waals surface area (Å²) < 4.78 is 7.48. The van der Waals surface area contributed by atoms with E-state index in [4.69, 9.17) is 4.74 Å². The maximum Gasteiger partial charge on any atom is 0.191 e. The fourth-order valence-corrected chi connectivity index (χ4v) is 3.80. The molecule has 1 aliphatic rings. The van der Waals surface area contributed by atoms with Gasteiger partial charge in [0.05, 0.1) is 12.7 Å². The number of hydrogen-bond acceptors (Lipinski definition) is 5. The Morgan fingerprint density at radius 2 is 1.96 bits per heavy atom. The van der Waals surface area contributed by atoms with Crippen molar-refractivity contribution < 1.29 is 4.74 Å². The Kier molecular flexibility index (Phi) is 5.56. The van der Waals surface area contributed by atoms with Crippen LogP contribution in [0.15, 0.2) is 29.4 Å². The van der Waals surface area contributed by atoms with Crippen LogP contribution < -0.4 is 4.74 Å².